The lowest BCUT2D eigenvalue weighted by atomic mass is 9.98. The summed E-state index contributed by atoms with van der Waals surface area (Å²) in [6.07, 6.45) is 2.52. The zero-order valence-electron chi connectivity index (χ0n) is 25.6. The van der Waals surface area contributed by atoms with Crippen LogP contribution in [-0.4, -0.2) is 72.4 Å². The highest BCUT2D eigenvalue weighted by atomic mass is 16.6. The fourth-order valence-corrected chi connectivity index (χ4v) is 4.99. The fourth-order valence-electron chi connectivity index (χ4n) is 4.99. The molecule has 0 saturated carbocycles. The zero-order valence-corrected chi connectivity index (χ0v) is 25.6. The number of nitrogens with one attached hydrogen (secondary N) is 2. The second kappa shape index (κ2) is 15.0. The first-order chi connectivity index (χ1) is 19.9. The van der Waals surface area contributed by atoms with Crippen molar-refractivity contribution in [3.8, 4) is 5.75 Å². The maximum Gasteiger partial charge on any atom is 0.329 e. The minimum Gasteiger partial charge on any atom is -0.497 e. The van der Waals surface area contributed by atoms with Gasteiger partial charge in [-0.25, -0.2) is 4.79 Å². The minimum absolute atomic E-state index is 0.0782. The number of carbonyl (C=O) groups is 4. The molecule has 0 aromatic heterocycles. The van der Waals surface area contributed by atoms with Crippen LogP contribution >= 0.6 is 0 Å². The van der Waals surface area contributed by atoms with E-state index in [1.165, 1.54) is 0 Å². The maximum atomic E-state index is 13.7. The average molecular weight is 580 g/mol. The highest BCUT2D eigenvalue weighted by molar-refractivity contribution is 5.98. The summed E-state index contributed by atoms with van der Waals surface area (Å²) in [6.45, 7) is 9.66. The highest BCUT2D eigenvalue weighted by Gasteiger charge is 2.35. The van der Waals surface area contributed by atoms with Crippen molar-refractivity contribution in [1.82, 2.24) is 15.5 Å². The van der Waals surface area contributed by atoms with Crippen molar-refractivity contribution < 1.29 is 28.7 Å². The number of nitrogens with zero attached hydrogens (tertiary/aromatic N) is 1. The second-order valence-electron chi connectivity index (χ2n) is 12.2. The van der Waals surface area contributed by atoms with Crippen LogP contribution in [0.1, 0.15) is 69.8 Å². The molecule has 3 unspecified atom stereocenters. The number of methoxy groups -OCH3 is 1. The summed E-state index contributed by atoms with van der Waals surface area (Å²) in [5.41, 5.74) is 0.673. The number of likely N-dealkylation sites (tertiary alicyclic amines) is 1. The van der Waals surface area contributed by atoms with E-state index in [4.69, 9.17) is 9.47 Å². The van der Waals surface area contributed by atoms with E-state index >= 15 is 0 Å². The Bertz CT molecular complexity index is 1220. The minimum atomic E-state index is -0.929. The summed E-state index contributed by atoms with van der Waals surface area (Å²) in [5, 5.41) is 5.79. The molecule has 1 saturated heterocycles. The van der Waals surface area contributed by atoms with Crippen molar-refractivity contribution in [3.05, 3.63) is 65.7 Å². The van der Waals surface area contributed by atoms with Crippen LogP contribution in [0.25, 0.3) is 0 Å². The third-order valence-electron chi connectivity index (χ3n) is 7.20. The van der Waals surface area contributed by atoms with E-state index in [2.05, 4.69) is 10.6 Å². The number of ether oxygens (including phenoxy) is 2. The van der Waals surface area contributed by atoms with Crippen molar-refractivity contribution in [3.63, 3.8) is 0 Å². The number of carbonyl (C=O) groups excluding carboxylic acids is 4. The molecular formula is C33H45N3O6. The smallest absolute Gasteiger partial charge is 0.329 e. The first-order valence-electron chi connectivity index (χ1n) is 14.7. The number of Topliss-reactive ketones (excluding diaryl/α,β-unsaturated/α-hetero) is 1. The third-order valence-corrected chi connectivity index (χ3v) is 7.20. The van der Waals surface area contributed by atoms with Gasteiger partial charge in [0.05, 0.1) is 19.7 Å². The molecule has 9 nitrogen and oxygen atoms in total. The van der Waals surface area contributed by atoms with Gasteiger partial charge in [-0.1, -0.05) is 62.7 Å². The summed E-state index contributed by atoms with van der Waals surface area (Å²) in [7, 11) is 1.55. The van der Waals surface area contributed by atoms with Gasteiger partial charge in [0.2, 0.25) is 11.8 Å². The molecule has 0 aliphatic carbocycles. The normalized spacial score (nSPS) is 17.2. The van der Waals surface area contributed by atoms with Gasteiger partial charge in [-0.05, 0) is 63.8 Å². The van der Waals surface area contributed by atoms with Crippen LogP contribution in [0.5, 0.6) is 5.75 Å². The fraction of sp³-hybridized carbons (Fsp3) is 0.515. The van der Waals surface area contributed by atoms with Crippen LogP contribution in [-0.2, 0) is 25.5 Å². The number of piperidine rings is 1. The molecule has 2 aromatic rings. The number of ketones is 1. The number of benzene rings is 2. The summed E-state index contributed by atoms with van der Waals surface area (Å²) < 4.78 is 10.8. The molecule has 9 heteroatoms. The third kappa shape index (κ3) is 9.69. The van der Waals surface area contributed by atoms with E-state index < -0.39 is 35.6 Å². The standard InChI is InChI=1S/C33H45N3O6/c1-22(2)29(32(40)42-33(3,4)5)35-30(38)26(19-23-13-8-7-9-14-23)34-31(39)27-17-10-11-18-36(27)21-28(37)24-15-12-16-25(20-24)41-6/h7-9,12-16,20,22,26-27,29H,10-11,17-19,21H2,1-6H3,(H,34,39)(H,35,38). The van der Waals surface area contributed by atoms with Gasteiger partial charge in [-0.2, -0.15) is 0 Å². The Morgan fingerprint density at radius 1 is 0.976 bits per heavy atom. The van der Waals surface area contributed by atoms with Crippen molar-refractivity contribution in [1.29, 1.82) is 0 Å². The van der Waals surface area contributed by atoms with Crippen LogP contribution in [0.15, 0.2) is 54.6 Å². The zero-order chi connectivity index (χ0) is 30.9. The molecule has 2 amide bonds. The predicted octanol–water partition coefficient (Wildman–Crippen LogP) is 3.94. The van der Waals surface area contributed by atoms with Crippen molar-refractivity contribution in [2.45, 2.75) is 84.0 Å². The van der Waals surface area contributed by atoms with Gasteiger partial charge in [0.1, 0.15) is 23.4 Å². The molecule has 3 atom stereocenters. The van der Waals surface area contributed by atoms with Crippen LogP contribution < -0.4 is 15.4 Å². The molecule has 1 aliphatic heterocycles. The lowest BCUT2D eigenvalue weighted by Crippen LogP contribution is -2.58. The van der Waals surface area contributed by atoms with Gasteiger partial charge < -0.3 is 20.1 Å². The summed E-state index contributed by atoms with van der Waals surface area (Å²) in [6, 6.07) is 14.0. The van der Waals surface area contributed by atoms with Gasteiger partial charge in [0.15, 0.2) is 5.78 Å². The Balaban J connectivity index is 1.78. The Morgan fingerprint density at radius 3 is 2.33 bits per heavy atom. The van der Waals surface area contributed by atoms with Crippen molar-refractivity contribution >= 4 is 23.6 Å². The van der Waals surface area contributed by atoms with E-state index in [1.807, 2.05) is 49.1 Å². The quantitative estimate of drug-likeness (QED) is 0.289. The average Bonchev–Trinajstić information content (AvgIpc) is 2.95. The van der Waals surface area contributed by atoms with E-state index in [9.17, 15) is 19.2 Å². The monoisotopic (exact) mass is 579 g/mol. The molecule has 228 valence electrons. The Labute approximate surface area is 249 Å². The van der Waals surface area contributed by atoms with Gasteiger partial charge in [0, 0.05) is 12.0 Å². The summed E-state index contributed by atoms with van der Waals surface area (Å²) >= 11 is 0. The summed E-state index contributed by atoms with van der Waals surface area (Å²) in [5.74, 6) is -1.05. The Morgan fingerprint density at radius 2 is 1.69 bits per heavy atom. The van der Waals surface area contributed by atoms with Crippen molar-refractivity contribution in [2.24, 2.45) is 5.92 Å². The lowest BCUT2D eigenvalue weighted by Gasteiger charge is -2.35. The largest absolute Gasteiger partial charge is 0.497 e. The molecular weight excluding hydrogens is 534 g/mol. The molecule has 0 radical (unpaired) electrons. The molecule has 1 fully saturated rings. The van der Waals surface area contributed by atoms with E-state index in [-0.39, 0.29) is 30.6 Å². The Hall–Kier alpha value is -3.72. The second-order valence-corrected chi connectivity index (χ2v) is 12.2. The maximum absolute atomic E-state index is 13.7. The van der Waals surface area contributed by atoms with Crippen LogP contribution in [0.4, 0.5) is 0 Å². The highest BCUT2D eigenvalue weighted by Crippen LogP contribution is 2.20. The number of hydrogen-bond donors (Lipinski definition) is 2. The molecule has 1 heterocycles. The van der Waals surface area contributed by atoms with E-state index in [1.54, 1.807) is 52.1 Å². The van der Waals surface area contributed by atoms with Crippen LogP contribution in [0.3, 0.4) is 0 Å². The summed E-state index contributed by atoms with van der Waals surface area (Å²) in [4.78, 5) is 55.3. The number of hydrogen-bond acceptors (Lipinski definition) is 7. The van der Waals surface area contributed by atoms with Gasteiger partial charge in [-0.15, -0.1) is 0 Å². The molecule has 3 rings (SSSR count). The number of amides is 2. The topological polar surface area (TPSA) is 114 Å². The first kappa shape index (κ1) is 32.8. The number of rotatable bonds is 12. The first-order valence-corrected chi connectivity index (χ1v) is 14.7. The molecule has 1 aliphatic rings. The van der Waals surface area contributed by atoms with Crippen LogP contribution in [0.2, 0.25) is 0 Å². The Kier molecular flexibility index (Phi) is 11.7. The van der Waals surface area contributed by atoms with E-state index in [0.717, 1.165) is 18.4 Å². The van der Waals surface area contributed by atoms with Gasteiger partial charge in [0.25, 0.3) is 0 Å². The SMILES string of the molecule is COc1cccc(C(=O)CN2CCCCC2C(=O)NC(Cc2ccccc2)C(=O)NC(C(=O)OC(C)(C)C)C(C)C)c1. The van der Waals surface area contributed by atoms with Gasteiger partial charge >= 0.3 is 5.97 Å². The molecule has 0 spiro atoms. The van der Waals surface area contributed by atoms with E-state index in [0.29, 0.717) is 24.3 Å². The van der Waals surface area contributed by atoms with Crippen LogP contribution in [0, 0.1) is 5.92 Å². The molecule has 0 bridgehead atoms. The molecule has 2 N–H and O–H groups in total. The molecule has 42 heavy (non-hydrogen) atoms. The molecule has 2 aromatic carbocycles. The number of esters is 1. The van der Waals surface area contributed by atoms with Gasteiger partial charge in [-0.3, -0.25) is 19.3 Å². The van der Waals surface area contributed by atoms with Crippen molar-refractivity contribution in [2.75, 3.05) is 20.2 Å². The lowest BCUT2D eigenvalue weighted by molar-refractivity contribution is -0.160. The predicted molar refractivity (Wildman–Crippen MR) is 161 cm³/mol.